The van der Waals surface area contributed by atoms with Crippen LogP contribution in [0.5, 0.6) is 0 Å². The molecule has 4 nitrogen and oxygen atoms in total. The van der Waals surface area contributed by atoms with Gasteiger partial charge < -0.3 is 9.64 Å². The van der Waals surface area contributed by atoms with Gasteiger partial charge in [0.2, 0.25) is 0 Å². The quantitative estimate of drug-likeness (QED) is 0.795. The summed E-state index contributed by atoms with van der Waals surface area (Å²) in [6.07, 6.45) is 2.04. The van der Waals surface area contributed by atoms with Crippen molar-refractivity contribution in [3.63, 3.8) is 0 Å². The highest BCUT2D eigenvalue weighted by molar-refractivity contribution is 9.10. The Kier molecular flexibility index (Phi) is 5.17. The fourth-order valence-electron chi connectivity index (χ4n) is 2.18. The van der Waals surface area contributed by atoms with Crippen molar-refractivity contribution in [1.29, 1.82) is 0 Å². The Morgan fingerprint density at radius 2 is 2.05 bits per heavy atom. The monoisotopic (exact) mass is 339 g/mol. The number of carbonyl (C=O) groups excluding carboxylic acids is 2. The number of rotatable bonds is 3. The van der Waals surface area contributed by atoms with Crippen LogP contribution >= 0.6 is 15.9 Å². The predicted octanol–water partition coefficient (Wildman–Crippen LogP) is 2.86. The molecule has 1 aliphatic rings. The van der Waals surface area contributed by atoms with Gasteiger partial charge in [-0.15, -0.1) is 0 Å². The molecule has 1 amide bonds. The molecule has 108 valence electrons. The number of amides is 1. The van der Waals surface area contributed by atoms with E-state index < -0.39 is 5.97 Å². The Hall–Kier alpha value is -1.36. The van der Waals surface area contributed by atoms with E-state index in [1.165, 1.54) is 0 Å². The van der Waals surface area contributed by atoms with Crippen molar-refractivity contribution in [2.45, 2.75) is 19.8 Å². The minimum Gasteiger partial charge on any atom is -0.452 e. The van der Waals surface area contributed by atoms with Crippen LogP contribution in [0.1, 0.15) is 30.1 Å². The highest BCUT2D eigenvalue weighted by Gasteiger charge is 2.21. The van der Waals surface area contributed by atoms with Gasteiger partial charge in [-0.3, -0.25) is 4.79 Å². The van der Waals surface area contributed by atoms with E-state index >= 15 is 0 Å². The summed E-state index contributed by atoms with van der Waals surface area (Å²) < 4.78 is 5.88. The highest BCUT2D eigenvalue weighted by Crippen LogP contribution is 2.16. The standard InChI is InChI=1S/C15H18BrNO3/c1-11-5-7-17(8-6-11)14(18)10-20-15(19)12-3-2-4-13(16)9-12/h2-4,9,11H,5-8,10H2,1H3. The molecule has 5 heteroatoms. The van der Waals surface area contributed by atoms with E-state index in [-0.39, 0.29) is 12.5 Å². The summed E-state index contributed by atoms with van der Waals surface area (Å²) in [5, 5.41) is 0. The molecule has 1 heterocycles. The van der Waals surface area contributed by atoms with E-state index in [9.17, 15) is 9.59 Å². The third-order valence-corrected chi connectivity index (χ3v) is 4.02. The molecule has 0 bridgehead atoms. The van der Waals surface area contributed by atoms with E-state index in [2.05, 4.69) is 22.9 Å². The van der Waals surface area contributed by atoms with Gasteiger partial charge in [0.1, 0.15) is 0 Å². The van der Waals surface area contributed by atoms with Gasteiger partial charge in [-0.25, -0.2) is 4.79 Å². The zero-order valence-electron chi connectivity index (χ0n) is 11.5. The van der Waals surface area contributed by atoms with E-state index in [4.69, 9.17) is 4.74 Å². The zero-order valence-corrected chi connectivity index (χ0v) is 13.1. The molecule has 0 atom stereocenters. The van der Waals surface area contributed by atoms with Gasteiger partial charge >= 0.3 is 5.97 Å². The predicted molar refractivity (Wildman–Crippen MR) is 79.4 cm³/mol. The minimum atomic E-state index is -0.468. The summed E-state index contributed by atoms with van der Waals surface area (Å²) in [5.41, 5.74) is 0.444. The number of piperidine rings is 1. The number of hydrogen-bond acceptors (Lipinski definition) is 3. The number of benzene rings is 1. The fraction of sp³-hybridized carbons (Fsp3) is 0.467. The number of ether oxygens (including phenoxy) is 1. The van der Waals surface area contributed by atoms with Gasteiger partial charge in [0.15, 0.2) is 6.61 Å². The lowest BCUT2D eigenvalue weighted by Gasteiger charge is -2.30. The lowest BCUT2D eigenvalue weighted by molar-refractivity contribution is -0.135. The lowest BCUT2D eigenvalue weighted by atomic mass is 9.99. The normalized spacial score (nSPS) is 16.0. The van der Waals surface area contributed by atoms with Crippen LogP contribution in [0, 0.1) is 5.92 Å². The Morgan fingerprint density at radius 3 is 2.70 bits per heavy atom. The second-order valence-electron chi connectivity index (χ2n) is 5.15. The van der Waals surface area contributed by atoms with E-state index in [0.717, 1.165) is 30.4 Å². The lowest BCUT2D eigenvalue weighted by Crippen LogP contribution is -2.40. The van der Waals surface area contributed by atoms with Crippen LogP contribution in [0.15, 0.2) is 28.7 Å². The molecule has 1 aromatic rings. The van der Waals surface area contributed by atoms with Gasteiger partial charge in [-0.1, -0.05) is 28.9 Å². The van der Waals surface area contributed by atoms with Crippen molar-refractivity contribution >= 4 is 27.8 Å². The molecule has 1 aromatic carbocycles. The smallest absolute Gasteiger partial charge is 0.338 e. The molecule has 0 aliphatic carbocycles. The maximum atomic E-state index is 11.9. The third kappa shape index (κ3) is 4.07. The number of likely N-dealkylation sites (tertiary alicyclic amines) is 1. The molecule has 0 radical (unpaired) electrons. The molecule has 0 spiro atoms. The maximum Gasteiger partial charge on any atom is 0.338 e. The first-order valence-corrected chi connectivity index (χ1v) is 7.56. The van der Waals surface area contributed by atoms with Crippen LogP contribution in [0.2, 0.25) is 0 Å². The summed E-state index contributed by atoms with van der Waals surface area (Å²) in [5.74, 6) is 0.0912. The molecule has 1 fully saturated rings. The first kappa shape index (κ1) is 15.0. The van der Waals surface area contributed by atoms with Gasteiger partial charge in [-0.2, -0.15) is 0 Å². The molecule has 0 saturated carbocycles. The Balaban J connectivity index is 1.82. The van der Waals surface area contributed by atoms with Crippen LogP contribution in [-0.4, -0.2) is 36.5 Å². The Bertz CT molecular complexity index is 496. The highest BCUT2D eigenvalue weighted by atomic mass is 79.9. The van der Waals surface area contributed by atoms with Crippen LogP contribution in [0.3, 0.4) is 0 Å². The molecule has 1 aliphatic heterocycles. The van der Waals surface area contributed by atoms with Crippen molar-refractivity contribution in [2.75, 3.05) is 19.7 Å². The average molecular weight is 340 g/mol. The molecular weight excluding hydrogens is 322 g/mol. The van der Waals surface area contributed by atoms with Gasteiger partial charge in [0.05, 0.1) is 5.56 Å². The number of carbonyl (C=O) groups is 2. The van der Waals surface area contributed by atoms with Crippen LogP contribution < -0.4 is 0 Å². The first-order valence-electron chi connectivity index (χ1n) is 6.76. The topological polar surface area (TPSA) is 46.6 Å². The molecule has 1 saturated heterocycles. The minimum absolute atomic E-state index is 0.111. The number of esters is 1. The van der Waals surface area contributed by atoms with Crippen molar-refractivity contribution in [3.8, 4) is 0 Å². The largest absolute Gasteiger partial charge is 0.452 e. The fourth-order valence-corrected chi connectivity index (χ4v) is 2.57. The van der Waals surface area contributed by atoms with Crippen LogP contribution in [0.25, 0.3) is 0 Å². The number of nitrogens with zero attached hydrogens (tertiary/aromatic N) is 1. The molecule has 20 heavy (non-hydrogen) atoms. The SMILES string of the molecule is CC1CCN(C(=O)COC(=O)c2cccc(Br)c2)CC1. The number of hydrogen-bond donors (Lipinski definition) is 0. The second kappa shape index (κ2) is 6.88. The van der Waals surface area contributed by atoms with E-state index in [1.54, 1.807) is 23.1 Å². The van der Waals surface area contributed by atoms with Crippen molar-refractivity contribution in [1.82, 2.24) is 4.90 Å². The zero-order chi connectivity index (χ0) is 14.5. The summed E-state index contributed by atoms with van der Waals surface area (Å²) in [7, 11) is 0. The van der Waals surface area contributed by atoms with Crippen molar-refractivity contribution in [3.05, 3.63) is 34.3 Å². The Labute approximate surface area is 127 Å². The maximum absolute atomic E-state index is 11.9. The number of halogens is 1. The molecule has 0 N–H and O–H groups in total. The van der Waals surface area contributed by atoms with Crippen molar-refractivity contribution < 1.29 is 14.3 Å². The van der Waals surface area contributed by atoms with Crippen LogP contribution in [0.4, 0.5) is 0 Å². The molecule has 0 unspecified atom stereocenters. The Morgan fingerprint density at radius 1 is 1.35 bits per heavy atom. The van der Waals surface area contributed by atoms with Gasteiger partial charge in [-0.05, 0) is 37.0 Å². The average Bonchev–Trinajstić information content (AvgIpc) is 2.45. The third-order valence-electron chi connectivity index (χ3n) is 3.52. The summed E-state index contributed by atoms with van der Waals surface area (Å²) >= 11 is 3.30. The molecule has 0 aromatic heterocycles. The van der Waals surface area contributed by atoms with E-state index in [0.29, 0.717) is 11.5 Å². The summed E-state index contributed by atoms with van der Waals surface area (Å²) in [4.78, 5) is 25.5. The van der Waals surface area contributed by atoms with Crippen LogP contribution in [-0.2, 0) is 9.53 Å². The molecule has 2 rings (SSSR count). The van der Waals surface area contributed by atoms with Crippen molar-refractivity contribution in [2.24, 2.45) is 5.92 Å². The molecular formula is C15H18BrNO3. The van der Waals surface area contributed by atoms with E-state index in [1.807, 2.05) is 6.07 Å². The summed E-state index contributed by atoms with van der Waals surface area (Å²) in [6, 6.07) is 6.93. The summed E-state index contributed by atoms with van der Waals surface area (Å²) in [6.45, 7) is 3.53. The van der Waals surface area contributed by atoms with Gasteiger partial charge in [0, 0.05) is 17.6 Å². The van der Waals surface area contributed by atoms with Gasteiger partial charge in [0.25, 0.3) is 5.91 Å². The first-order chi connectivity index (χ1) is 9.56. The second-order valence-corrected chi connectivity index (χ2v) is 6.07.